The van der Waals surface area contributed by atoms with Crippen molar-refractivity contribution in [3.8, 4) is 11.1 Å². The molecule has 0 spiro atoms. The predicted molar refractivity (Wildman–Crippen MR) is 111 cm³/mol. The van der Waals surface area contributed by atoms with Crippen molar-refractivity contribution in [3.63, 3.8) is 0 Å². The first-order chi connectivity index (χ1) is 13.7. The van der Waals surface area contributed by atoms with Gasteiger partial charge in [0.1, 0.15) is 11.3 Å². The topological polar surface area (TPSA) is 67.2 Å². The highest BCUT2D eigenvalue weighted by Gasteiger charge is 2.06. The summed E-state index contributed by atoms with van der Waals surface area (Å²) in [6, 6.07) is 21.4. The van der Waals surface area contributed by atoms with E-state index in [9.17, 15) is 4.79 Å². The number of benzene rings is 2. The number of aromatic nitrogens is 1. The molecule has 0 saturated carbocycles. The molecule has 0 bridgehead atoms. The number of carbonyl (C=O) groups is 1. The molecule has 2 aromatic heterocycles. The molecule has 0 aliphatic heterocycles. The van der Waals surface area contributed by atoms with Gasteiger partial charge in [-0.25, -0.2) is 4.79 Å². The zero-order valence-corrected chi connectivity index (χ0v) is 15.6. The van der Waals surface area contributed by atoms with E-state index in [0.29, 0.717) is 13.0 Å². The van der Waals surface area contributed by atoms with Crippen molar-refractivity contribution in [2.24, 2.45) is 0 Å². The van der Waals surface area contributed by atoms with Crippen LogP contribution in [0.4, 0.5) is 10.5 Å². The Morgan fingerprint density at radius 2 is 1.82 bits per heavy atom. The van der Waals surface area contributed by atoms with Gasteiger partial charge in [-0.3, -0.25) is 4.98 Å². The van der Waals surface area contributed by atoms with Gasteiger partial charge < -0.3 is 15.1 Å². The molecule has 0 aliphatic rings. The lowest BCUT2D eigenvalue weighted by Gasteiger charge is -2.08. The van der Waals surface area contributed by atoms with Crippen molar-refractivity contribution in [1.29, 1.82) is 0 Å². The van der Waals surface area contributed by atoms with Crippen LogP contribution in [-0.4, -0.2) is 17.6 Å². The number of nitrogens with zero attached hydrogens (tertiary/aromatic N) is 1. The zero-order chi connectivity index (χ0) is 19.3. The van der Waals surface area contributed by atoms with Gasteiger partial charge in [0, 0.05) is 35.9 Å². The summed E-state index contributed by atoms with van der Waals surface area (Å²) < 4.78 is 5.76. The number of anilines is 1. The number of para-hydroxylation sites is 1. The maximum Gasteiger partial charge on any atom is 0.319 e. The number of hydrogen-bond donors (Lipinski definition) is 2. The van der Waals surface area contributed by atoms with Gasteiger partial charge in [0.2, 0.25) is 0 Å². The summed E-state index contributed by atoms with van der Waals surface area (Å²) in [6.07, 6.45) is 2.44. The summed E-state index contributed by atoms with van der Waals surface area (Å²) in [4.78, 5) is 16.3. The van der Waals surface area contributed by atoms with Crippen molar-refractivity contribution < 1.29 is 9.21 Å². The Hall–Kier alpha value is -3.60. The normalized spacial score (nSPS) is 10.8. The van der Waals surface area contributed by atoms with Gasteiger partial charge in [-0.2, -0.15) is 0 Å². The van der Waals surface area contributed by atoms with E-state index in [1.165, 1.54) is 0 Å². The highest BCUT2D eigenvalue weighted by atomic mass is 16.3. The molecule has 5 nitrogen and oxygen atoms in total. The summed E-state index contributed by atoms with van der Waals surface area (Å²) in [5.41, 5.74) is 4.78. The van der Waals surface area contributed by atoms with Crippen LogP contribution in [-0.2, 0) is 6.42 Å². The first-order valence-corrected chi connectivity index (χ1v) is 9.23. The number of hydrogen-bond acceptors (Lipinski definition) is 3. The van der Waals surface area contributed by atoms with Gasteiger partial charge >= 0.3 is 6.03 Å². The molecule has 5 heteroatoms. The average molecular weight is 371 g/mol. The Balaban J connectivity index is 1.29. The van der Waals surface area contributed by atoms with Crippen LogP contribution in [0.5, 0.6) is 0 Å². The van der Waals surface area contributed by atoms with Crippen LogP contribution in [0.1, 0.15) is 11.5 Å². The van der Waals surface area contributed by atoms with E-state index < -0.39 is 0 Å². The van der Waals surface area contributed by atoms with Crippen LogP contribution >= 0.6 is 0 Å². The van der Waals surface area contributed by atoms with Crippen molar-refractivity contribution in [2.45, 2.75) is 13.3 Å². The Kier molecular flexibility index (Phi) is 5.06. The standard InChI is InChI=1S/C23H21N3O2/c1-16-14-18(10-12-24-16)17-6-8-20(9-7-17)26-23(27)25-13-11-21-15-19-4-2-3-5-22(19)28-21/h2-10,12,14-15H,11,13H2,1H3,(H2,25,26,27). The van der Waals surface area contributed by atoms with Gasteiger partial charge in [0.15, 0.2) is 0 Å². The molecule has 0 aliphatic carbocycles. The molecule has 140 valence electrons. The molecule has 2 N–H and O–H groups in total. The second-order valence-electron chi connectivity index (χ2n) is 6.64. The first kappa shape index (κ1) is 17.8. The van der Waals surface area contributed by atoms with Crippen molar-refractivity contribution >= 4 is 22.7 Å². The molecular formula is C23H21N3O2. The van der Waals surface area contributed by atoms with Gasteiger partial charge in [-0.1, -0.05) is 30.3 Å². The molecule has 0 radical (unpaired) electrons. The molecule has 0 fully saturated rings. The molecule has 2 aromatic carbocycles. The van der Waals surface area contributed by atoms with Gasteiger partial charge in [-0.15, -0.1) is 0 Å². The number of urea groups is 1. The quantitative estimate of drug-likeness (QED) is 0.509. The highest BCUT2D eigenvalue weighted by Crippen LogP contribution is 2.22. The third-order valence-corrected chi connectivity index (χ3v) is 4.51. The third kappa shape index (κ3) is 4.20. The smallest absolute Gasteiger partial charge is 0.319 e. The zero-order valence-electron chi connectivity index (χ0n) is 15.6. The fourth-order valence-electron chi connectivity index (χ4n) is 3.11. The number of carbonyl (C=O) groups excluding carboxylic acids is 1. The van der Waals surface area contributed by atoms with E-state index in [1.807, 2.05) is 73.7 Å². The molecule has 0 atom stereocenters. The lowest BCUT2D eigenvalue weighted by Crippen LogP contribution is -2.30. The SMILES string of the molecule is Cc1cc(-c2ccc(NC(=O)NCCc3cc4ccccc4o3)cc2)ccn1. The van der Waals surface area contributed by atoms with E-state index >= 15 is 0 Å². The van der Waals surface area contributed by atoms with E-state index in [1.54, 1.807) is 6.20 Å². The molecule has 0 unspecified atom stereocenters. The Morgan fingerprint density at radius 3 is 2.61 bits per heavy atom. The summed E-state index contributed by atoms with van der Waals surface area (Å²) in [5.74, 6) is 0.860. The van der Waals surface area contributed by atoms with Crippen LogP contribution in [0.15, 0.2) is 77.3 Å². The highest BCUT2D eigenvalue weighted by molar-refractivity contribution is 5.89. The maximum atomic E-state index is 12.1. The lowest BCUT2D eigenvalue weighted by atomic mass is 10.1. The van der Waals surface area contributed by atoms with Crippen LogP contribution in [0.3, 0.4) is 0 Å². The Bertz CT molecular complexity index is 1070. The van der Waals surface area contributed by atoms with Crippen LogP contribution < -0.4 is 10.6 Å². The van der Waals surface area contributed by atoms with Crippen LogP contribution in [0.25, 0.3) is 22.1 Å². The fraction of sp³-hybridized carbons (Fsp3) is 0.130. The number of aryl methyl sites for hydroxylation is 1. The van der Waals surface area contributed by atoms with Gasteiger partial charge in [0.05, 0.1) is 0 Å². The minimum atomic E-state index is -0.233. The van der Waals surface area contributed by atoms with Gasteiger partial charge in [-0.05, 0) is 54.4 Å². The van der Waals surface area contributed by atoms with Crippen molar-refractivity contribution in [1.82, 2.24) is 10.3 Å². The average Bonchev–Trinajstić information content (AvgIpc) is 3.11. The summed E-state index contributed by atoms with van der Waals surface area (Å²) in [6.45, 7) is 2.47. The summed E-state index contributed by atoms with van der Waals surface area (Å²) >= 11 is 0. The van der Waals surface area contributed by atoms with E-state index in [4.69, 9.17) is 4.42 Å². The van der Waals surface area contributed by atoms with E-state index in [0.717, 1.165) is 39.2 Å². The lowest BCUT2D eigenvalue weighted by molar-refractivity contribution is 0.252. The molecule has 4 rings (SSSR count). The maximum absolute atomic E-state index is 12.1. The first-order valence-electron chi connectivity index (χ1n) is 9.23. The van der Waals surface area contributed by atoms with Crippen LogP contribution in [0.2, 0.25) is 0 Å². The number of amides is 2. The van der Waals surface area contributed by atoms with Crippen molar-refractivity contribution in [3.05, 3.63) is 84.4 Å². The second kappa shape index (κ2) is 7.96. The summed E-state index contributed by atoms with van der Waals surface area (Å²) in [7, 11) is 0. The number of rotatable bonds is 5. The molecule has 2 heterocycles. The molecule has 28 heavy (non-hydrogen) atoms. The molecule has 2 amide bonds. The van der Waals surface area contributed by atoms with Gasteiger partial charge in [0.25, 0.3) is 0 Å². The largest absolute Gasteiger partial charge is 0.461 e. The predicted octanol–water partition coefficient (Wildman–Crippen LogP) is 5.17. The van der Waals surface area contributed by atoms with Crippen molar-refractivity contribution in [2.75, 3.05) is 11.9 Å². The summed E-state index contributed by atoms with van der Waals surface area (Å²) in [5, 5.41) is 6.79. The molecule has 0 saturated heterocycles. The van der Waals surface area contributed by atoms with E-state index in [2.05, 4.69) is 15.6 Å². The monoisotopic (exact) mass is 371 g/mol. The minimum Gasteiger partial charge on any atom is -0.461 e. The third-order valence-electron chi connectivity index (χ3n) is 4.51. The number of pyridine rings is 1. The number of nitrogens with one attached hydrogen (secondary N) is 2. The number of furan rings is 1. The molecule has 4 aromatic rings. The minimum absolute atomic E-state index is 0.233. The number of fused-ring (bicyclic) bond motifs is 1. The second-order valence-corrected chi connectivity index (χ2v) is 6.64. The Labute approximate surface area is 163 Å². The van der Waals surface area contributed by atoms with E-state index in [-0.39, 0.29) is 6.03 Å². The Morgan fingerprint density at radius 1 is 1.00 bits per heavy atom. The van der Waals surface area contributed by atoms with Crippen LogP contribution in [0, 0.1) is 6.92 Å². The fourth-order valence-corrected chi connectivity index (χ4v) is 3.11. The molecular weight excluding hydrogens is 350 g/mol.